The van der Waals surface area contributed by atoms with Gasteiger partial charge in [-0.3, -0.25) is 14.4 Å². The van der Waals surface area contributed by atoms with Crippen LogP contribution in [-0.4, -0.2) is 37.2 Å². The number of allylic oxidation sites excluding steroid dienone is 8. The van der Waals surface area contributed by atoms with Crippen molar-refractivity contribution in [3.05, 3.63) is 48.6 Å². The largest absolute Gasteiger partial charge is 0.462 e. The zero-order chi connectivity index (χ0) is 45.8. The van der Waals surface area contributed by atoms with E-state index in [1.807, 2.05) is 6.08 Å². The third-order valence-electron chi connectivity index (χ3n) is 11.8. The molecule has 6 nitrogen and oxygen atoms in total. The van der Waals surface area contributed by atoms with Crippen LogP contribution in [0.25, 0.3) is 0 Å². The van der Waals surface area contributed by atoms with E-state index in [0.717, 1.165) is 70.6 Å². The van der Waals surface area contributed by atoms with Crippen molar-refractivity contribution in [2.75, 3.05) is 13.2 Å². The molecule has 0 aliphatic heterocycles. The Morgan fingerprint density at radius 1 is 0.333 bits per heavy atom. The van der Waals surface area contributed by atoms with E-state index in [9.17, 15) is 14.4 Å². The van der Waals surface area contributed by atoms with Crippen molar-refractivity contribution in [3.8, 4) is 0 Å². The maximum atomic E-state index is 12.8. The molecule has 0 aliphatic carbocycles. The second-order valence-electron chi connectivity index (χ2n) is 18.1. The van der Waals surface area contributed by atoms with E-state index in [4.69, 9.17) is 14.2 Å². The Bertz CT molecular complexity index is 1110. The van der Waals surface area contributed by atoms with Crippen LogP contribution in [0.3, 0.4) is 0 Å². The van der Waals surface area contributed by atoms with Crippen molar-refractivity contribution in [1.29, 1.82) is 0 Å². The molecule has 0 radical (unpaired) electrons. The molecule has 0 rings (SSSR count). The van der Waals surface area contributed by atoms with Gasteiger partial charge in [0.1, 0.15) is 13.2 Å². The van der Waals surface area contributed by atoms with Gasteiger partial charge in [-0.25, -0.2) is 0 Å². The minimum absolute atomic E-state index is 0.0908. The molecule has 1 unspecified atom stereocenters. The molecule has 0 saturated heterocycles. The number of hydrogen-bond acceptors (Lipinski definition) is 6. The Labute approximate surface area is 390 Å². The number of ether oxygens (including phenoxy) is 3. The normalized spacial score (nSPS) is 12.4. The van der Waals surface area contributed by atoms with Crippen LogP contribution in [0.4, 0.5) is 0 Å². The van der Waals surface area contributed by atoms with Crippen LogP contribution in [0, 0.1) is 0 Å². The van der Waals surface area contributed by atoms with Gasteiger partial charge in [0.2, 0.25) is 0 Å². The Morgan fingerprint density at radius 3 is 1.05 bits per heavy atom. The first-order valence-electron chi connectivity index (χ1n) is 27.1. The minimum Gasteiger partial charge on any atom is -0.462 e. The molecule has 0 N–H and O–H groups in total. The summed E-state index contributed by atoms with van der Waals surface area (Å²) in [5.41, 5.74) is 0. The summed E-state index contributed by atoms with van der Waals surface area (Å²) in [5.74, 6) is -0.960. The van der Waals surface area contributed by atoms with Gasteiger partial charge in [0, 0.05) is 19.3 Å². The fraction of sp³-hybridized carbons (Fsp3) is 0.807. The average Bonchev–Trinajstić information content (AvgIpc) is 3.28. The van der Waals surface area contributed by atoms with Crippen LogP contribution in [0.15, 0.2) is 48.6 Å². The highest BCUT2D eigenvalue weighted by Gasteiger charge is 2.19. The van der Waals surface area contributed by atoms with Gasteiger partial charge in [0.25, 0.3) is 0 Å². The number of carbonyl (C=O) groups excluding carboxylic acids is 3. The third kappa shape index (κ3) is 50.2. The number of esters is 3. The highest BCUT2D eigenvalue weighted by molar-refractivity contribution is 5.71. The van der Waals surface area contributed by atoms with Crippen LogP contribution < -0.4 is 0 Å². The number of unbranched alkanes of at least 4 members (excludes halogenated alkanes) is 30. The van der Waals surface area contributed by atoms with Crippen molar-refractivity contribution >= 4 is 17.9 Å². The van der Waals surface area contributed by atoms with E-state index in [-0.39, 0.29) is 37.5 Å². The summed E-state index contributed by atoms with van der Waals surface area (Å²) in [6.07, 6.45) is 62.6. The summed E-state index contributed by atoms with van der Waals surface area (Å²) in [6, 6.07) is 0. The summed E-state index contributed by atoms with van der Waals surface area (Å²) in [5, 5.41) is 0. The number of rotatable bonds is 49. The van der Waals surface area contributed by atoms with Gasteiger partial charge >= 0.3 is 17.9 Å². The number of hydrogen-bond donors (Lipinski definition) is 0. The van der Waals surface area contributed by atoms with Crippen LogP contribution in [0.2, 0.25) is 0 Å². The summed E-state index contributed by atoms with van der Waals surface area (Å²) < 4.78 is 16.8. The Hall–Kier alpha value is -2.63. The second kappa shape index (κ2) is 52.0. The molecular formula is C57H102O6. The Kier molecular flexibility index (Phi) is 49.8. The topological polar surface area (TPSA) is 78.9 Å². The lowest BCUT2D eigenvalue weighted by atomic mass is 10.0. The van der Waals surface area contributed by atoms with E-state index >= 15 is 0 Å². The van der Waals surface area contributed by atoms with Gasteiger partial charge in [0.05, 0.1) is 0 Å². The van der Waals surface area contributed by atoms with Crippen LogP contribution in [0.5, 0.6) is 0 Å². The molecular weight excluding hydrogens is 781 g/mol. The van der Waals surface area contributed by atoms with E-state index in [2.05, 4.69) is 63.3 Å². The lowest BCUT2D eigenvalue weighted by Gasteiger charge is -2.18. The number of carbonyl (C=O) groups is 3. The molecule has 63 heavy (non-hydrogen) atoms. The molecule has 6 heteroatoms. The van der Waals surface area contributed by atoms with Gasteiger partial charge < -0.3 is 14.2 Å². The molecule has 0 spiro atoms. The fourth-order valence-electron chi connectivity index (χ4n) is 7.77. The first kappa shape index (κ1) is 60.4. The predicted molar refractivity (Wildman–Crippen MR) is 270 cm³/mol. The quantitative estimate of drug-likeness (QED) is 0.0262. The van der Waals surface area contributed by atoms with E-state index in [1.165, 1.54) is 161 Å². The van der Waals surface area contributed by atoms with Crippen LogP contribution in [0.1, 0.15) is 278 Å². The lowest BCUT2D eigenvalue weighted by molar-refractivity contribution is -0.166. The van der Waals surface area contributed by atoms with Crippen molar-refractivity contribution in [3.63, 3.8) is 0 Å². The minimum atomic E-state index is -0.797. The molecule has 0 aromatic rings. The van der Waals surface area contributed by atoms with Crippen LogP contribution in [-0.2, 0) is 28.6 Å². The smallest absolute Gasteiger partial charge is 0.306 e. The van der Waals surface area contributed by atoms with Crippen LogP contribution >= 0.6 is 0 Å². The highest BCUT2D eigenvalue weighted by atomic mass is 16.6. The summed E-state index contributed by atoms with van der Waals surface area (Å²) in [7, 11) is 0. The first-order valence-corrected chi connectivity index (χ1v) is 27.1. The Morgan fingerprint density at radius 2 is 0.651 bits per heavy atom. The molecule has 0 heterocycles. The summed E-state index contributed by atoms with van der Waals surface area (Å²) >= 11 is 0. The van der Waals surface area contributed by atoms with E-state index < -0.39 is 6.10 Å². The SMILES string of the molecule is CC/C=C\C/C=C\CCCCCCCCCC(=O)OC(COC(=O)CC/C=C\C/C=C\CCCCCCCC)COC(=O)CCCCCCCCCCCCCCCCCCCC. The molecule has 0 amide bonds. The molecule has 0 aromatic heterocycles. The van der Waals surface area contributed by atoms with Crippen molar-refractivity contribution in [2.45, 2.75) is 284 Å². The standard InChI is InChI=1S/C57H102O6/c1-4-7-10-13-16-19-22-25-27-28-29-30-33-35-38-41-44-47-50-56(59)62-53-54(52-61-55(58)49-46-43-40-37-34-31-24-21-18-15-12-9-6-3)63-57(60)51-48-45-42-39-36-32-26-23-20-17-14-11-8-5-2/h8,11,17,20,31,34,40,43,54H,4-7,9-10,12-16,18-19,21-30,32-33,35-39,41-42,44-53H2,1-3H3/b11-8-,20-17-,34-31-,43-40-. The molecule has 0 bridgehead atoms. The Balaban J connectivity index is 4.38. The zero-order valence-corrected chi connectivity index (χ0v) is 41.8. The van der Waals surface area contributed by atoms with Gasteiger partial charge in [-0.1, -0.05) is 243 Å². The highest BCUT2D eigenvalue weighted by Crippen LogP contribution is 2.16. The van der Waals surface area contributed by atoms with Gasteiger partial charge in [-0.2, -0.15) is 0 Å². The molecule has 1 atom stereocenters. The monoisotopic (exact) mass is 883 g/mol. The van der Waals surface area contributed by atoms with E-state index in [1.54, 1.807) is 0 Å². The predicted octanol–water partition coefficient (Wildman–Crippen LogP) is 17.9. The van der Waals surface area contributed by atoms with Crippen molar-refractivity contribution in [1.82, 2.24) is 0 Å². The molecule has 0 aliphatic rings. The maximum absolute atomic E-state index is 12.8. The fourth-order valence-corrected chi connectivity index (χ4v) is 7.77. The van der Waals surface area contributed by atoms with Gasteiger partial charge in [-0.05, 0) is 64.2 Å². The third-order valence-corrected chi connectivity index (χ3v) is 11.8. The summed E-state index contributed by atoms with van der Waals surface area (Å²) in [6.45, 7) is 6.49. The molecule has 0 aromatic carbocycles. The van der Waals surface area contributed by atoms with Gasteiger partial charge in [-0.15, -0.1) is 0 Å². The zero-order valence-electron chi connectivity index (χ0n) is 41.8. The van der Waals surface area contributed by atoms with Crippen molar-refractivity contribution in [2.24, 2.45) is 0 Å². The maximum Gasteiger partial charge on any atom is 0.306 e. The summed E-state index contributed by atoms with van der Waals surface area (Å²) in [4.78, 5) is 38.0. The molecule has 0 fully saturated rings. The van der Waals surface area contributed by atoms with Gasteiger partial charge in [0.15, 0.2) is 6.10 Å². The van der Waals surface area contributed by atoms with E-state index in [0.29, 0.717) is 19.3 Å². The molecule has 0 saturated carbocycles. The molecule has 366 valence electrons. The van der Waals surface area contributed by atoms with Crippen molar-refractivity contribution < 1.29 is 28.6 Å². The second-order valence-corrected chi connectivity index (χ2v) is 18.1. The first-order chi connectivity index (χ1) is 31.0. The average molecular weight is 883 g/mol. The lowest BCUT2D eigenvalue weighted by Crippen LogP contribution is -2.30.